The van der Waals surface area contributed by atoms with Crippen molar-refractivity contribution < 1.29 is 26.7 Å². The number of carbonyl (C=O) groups excluding carboxylic acids is 1. The molecule has 172 valence electrons. The Balaban J connectivity index is 1.38. The van der Waals surface area contributed by atoms with E-state index in [-0.39, 0.29) is 35.4 Å². The highest BCUT2D eigenvalue weighted by Gasteiger charge is 2.30. The molecule has 3 aromatic rings. The van der Waals surface area contributed by atoms with Crippen molar-refractivity contribution >= 4 is 38.2 Å². The number of carbonyl (C=O) groups is 1. The predicted octanol–water partition coefficient (Wildman–Crippen LogP) is 3.79. The second-order valence-corrected chi connectivity index (χ2v) is 9.81. The number of hydrogen-bond acceptors (Lipinski definition) is 7. The van der Waals surface area contributed by atoms with E-state index in [1.807, 2.05) is 6.92 Å². The number of aromatic nitrogens is 1. The molecule has 0 aliphatic carbocycles. The Hall–Kier alpha value is -3.38. The number of ether oxygens (including phenoxy) is 1. The van der Waals surface area contributed by atoms with E-state index < -0.39 is 16.6 Å². The molecule has 1 aromatic heterocycles. The maximum Gasteiger partial charge on any atom is 0.387 e. The van der Waals surface area contributed by atoms with Crippen LogP contribution in [0.5, 0.6) is 5.75 Å². The molecular formula is C21H18F2N4O4S2. The first kappa shape index (κ1) is 22.8. The highest BCUT2D eigenvalue weighted by molar-refractivity contribution is 7.90. The number of sulfonamides is 1. The van der Waals surface area contributed by atoms with E-state index in [1.54, 1.807) is 30.3 Å². The van der Waals surface area contributed by atoms with Crippen LogP contribution in [0.3, 0.4) is 0 Å². The summed E-state index contributed by atoms with van der Waals surface area (Å²) in [4.78, 5) is 22.0. The maximum atomic E-state index is 12.3. The topological polar surface area (TPSA) is 110 Å². The molecule has 2 heterocycles. The van der Waals surface area contributed by atoms with Crippen molar-refractivity contribution in [3.8, 4) is 17.0 Å². The van der Waals surface area contributed by atoms with Crippen LogP contribution in [-0.4, -0.2) is 38.3 Å². The quantitative estimate of drug-likeness (QED) is 0.522. The van der Waals surface area contributed by atoms with Crippen molar-refractivity contribution in [3.05, 3.63) is 59.0 Å². The minimum atomic E-state index is -3.63. The van der Waals surface area contributed by atoms with Gasteiger partial charge in [-0.15, -0.1) is 11.3 Å². The van der Waals surface area contributed by atoms with Crippen LogP contribution in [-0.2, 0) is 14.8 Å². The molecule has 12 heteroatoms. The Morgan fingerprint density at radius 2 is 1.94 bits per heavy atom. The second kappa shape index (κ2) is 9.24. The number of amides is 1. The van der Waals surface area contributed by atoms with Gasteiger partial charge >= 0.3 is 6.61 Å². The summed E-state index contributed by atoms with van der Waals surface area (Å²) < 4.78 is 55.5. The zero-order valence-electron chi connectivity index (χ0n) is 17.2. The Morgan fingerprint density at radius 1 is 1.21 bits per heavy atom. The largest absolute Gasteiger partial charge is 0.435 e. The van der Waals surface area contributed by atoms with Gasteiger partial charge in [-0.25, -0.2) is 13.4 Å². The number of aliphatic imine (C=N–C) groups is 1. The summed E-state index contributed by atoms with van der Waals surface area (Å²) in [7, 11) is -3.63. The minimum Gasteiger partial charge on any atom is -0.435 e. The van der Waals surface area contributed by atoms with Gasteiger partial charge in [0, 0.05) is 22.4 Å². The first-order chi connectivity index (χ1) is 15.7. The number of nitrogens with one attached hydrogen (secondary N) is 2. The zero-order chi connectivity index (χ0) is 23.6. The Morgan fingerprint density at radius 3 is 2.67 bits per heavy atom. The van der Waals surface area contributed by atoms with Gasteiger partial charge in [0.25, 0.3) is 10.0 Å². The minimum absolute atomic E-state index is 0.0288. The molecule has 33 heavy (non-hydrogen) atoms. The maximum absolute atomic E-state index is 12.3. The van der Waals surface area contributed by atoms with E-state index in [2.05, 4.69) is 24.8 Å². The first-order valence-electron chi connectivity index (χ1n) is 9.72. The lowest BCUT2D eigenvalue weighted by molar-refractivity contribution is -0.116. The molecule has 4 rings (SSSR count). The van der Waals surface area contributed by atoms with Crippen molar-refractivity contribution in [3.63, 3.8) is 0 Å². The molecular weight excluding hydrogens is 474 g/mol. The van der Waals surface area contributed by atoms with Crippen LogP contribution < -0.4 is 14.8 Å². The van der Waals surface area contributed by atoms with Crippen molar-refractivity contribution in [1.29, 1.82) is 0 Å². The second-order valence-electron chi connectivity index (χ2n) is 6.96. The summed E-state index contributed by atoms with van der Waals surface area (Å²) in [6.45, 7) is -0.977. The number of alkyl halides is 2. The number of halogens is 2. The fourth-order valence-corrected chi connectivity index (χ4v) is 5.32. The smallest absolute Gasteiger partial charge is 0.387 e. The number of benzene rings is 2. The van der Waals surface area contributed by atoms with Crippen LogP contribution in [0.2, 0.25) is 0 Å². The third-order valence-corrected chi connectivity index (χ3v) is 6.95. The molecule has 8 nitrogen and oxygen atoms in total. The number of anilines is 1. The highest BCUT2D eigenvalue weighted by atomic mass is 32.2. The Kier molecular flexibility index (Phi) is 6.38. The third kappa shape index (κ3) is 5.17. The summed E-state index contributed by atoms with van der Waals surface area (Å²) >= 11 is 1.28. The van der Waals surface area contributed by atoms with Crippen LogP contribution in [0.4, 0.5) is 13.9 Å². The van der Waals surface area contributed by atoms with Gasteiger partial charge in [0.1, 0.15) is 11.6 Å². The molecule has 0 saturated heterocycles. The average molecular weight is 493 g/mol. The highest BCUT2D eigenvalue weighted by Crippen LogP contribution is 2.31. The van der Waals surface area contributed by atoms with Gasteiger partial charge in [-0.2, -0.15) is 8.78 Å². The molecule has 0 saturated carbocycles. The average Bonchev–Trinajstić information content (AvgIpc) is 3.25. The van der Waals surface area contributed by atoms with E-state index in [0.29, 0.717) is 22.0 Å². The Labute approximate surface area is 192 Å². The van der Waals surface area contributed by atoms with E-state index in [4.69, 9.17) is 0 Å². The number of fused-ring (bicyclic) bond motifs is 1. The molecule has 2 N–H and O–H groups in total. The zero-order valence-corrected chi connectivity index (χ0v) is 18.8. The molecule has 1 aliphatic rings. The molecule has 0 fully saturated rings. The van der Waals surface area contributed by atoms with Crippen LogP contribution in [0.15, 0.2) is 58.4 Å². The number of hydrogen-bond donors (Lipinski definition) is 2. The lowest BCUT2D eigenvalue weighted by Crippen LogP contribution is -2.23. The van der Waals surface area contributed by atoms with Crippen molar-refractivity contribution in [2.24, 2.45) is 4.99 Å². The van der Waals surface area contributed by atoms with Gasteiger partial charge in [0.2, 0.25) is 5.91 Å². The van der Waals surface area contributed by atoms with Gasteiger partial charge in [0.15, 0.2) is 5.13 Å². The van der Waals surface area contributed by atoms with Gasteiger partial charge in [-0.1, -0.05) is 12.1 Å². The standard InChI is InChI=1S/C21H18F2N4O4S2/c1-12-18(13-6-8-14(9-7-13)31-20(22)23)26-21(32-12)25-17(28)10-11-24-19-15-4-2-3-5-16(15)33(29,30)27-19/h2-9,20H,10-11H2,1H3,(H,24,27)(H,25,26,28). The van der Waals surface area contributed by atoms with Crippen molar-refractivity contribution in [2.75, 3.05) is 11.9 Å². The van der Waals surface area contributed by atoms with E-state index >= 15 is 0 Å². The van der Waals surface area contributed by atoms with Crippen LogP contribution in [0, 0.1) is 6.92 Å². The molecule has 0 spiro atoms. The third-order valence-electron chi connectivity index (χ3n) is 4.67. The fraction of sp³-hybridized carbons (Fsp3) is 0.190. The lowest BCUT2D eigenvalue weighted by atomic mass is 10.1. The molecule has 0 radical (unpaired) electrons. The summed E-state index contributed by atoms with van der Waals surface area (Å²) in [6.07, 6.45) is 0.0288. The number of rotatable bonds is 7. The van der Waals surface area contributed by atoms with Crippen LogP contribution in [0.1, 0.15) is 16.9 Å². The monoisotopic (exact) mass is 492 g/mol. The molecule has 2 aromatic carbocycles. The molecule has 1 aliphatic heterocycles. The SMILES string of the molecule is Cc1sc(NC(=O)CCN=C2NS(=O)(=O)c3ccccc32)nc1-c1ccc(OC(F)F)cc1. The van der Waals surface area contributed by atoms with Crippen molar-refractivity contribution in [1.82, 2.24) is 9.71 Å². The number of aryl methyl sites for hydroxylation is 1. The van der Waals surface area contributed by atoms with E-state index in [9.17, 15) is 22.0 Å². The number of amidine groups is 1. The summed E-state index contributed by atoms with van der Waals surface area (Å²) in [5.74, 6) is -0.0662. The summed E-state index contributed by atoms with van der Waals surface area (Å²) in [5, 5.41) is 3.10. The lowest BCUT2D eigenvalue weighted by Gasteiger charge is -2.05. The normalized spacial score (nSPS) is 15.3. The summed E-state index contributed by atoms with van der Waals surface area (Å²) in [5.41, 5.74) is 1.80. The molecule has 0 unspecified atom stereocenters. The van der Waals surface area contributed by atoms with E-state index in [0.717, 1.165) is 4.88 Å². The van der Waals surface area contributed by atoms with Crippen LogP contribution >= 0.6 is 11.3 Å². The predicted molar refractivity (Wildman–Crippen MR) is 120 cm³/mol. The molecule has 0 atom stereocenters. The number of thiazole rings is 1. The molecule has 1 amide bonds. The van der Waals surface area contributed by atoms with Crippen LogP contribution in [0.25, 0.3) is 11.3 Å². The van der Waals surface area contributed by atoms with Gasteiger partial charge in [0.05, 0.1) is 17.1 Å². The van der Waals surface area contributed by atoms with Crippen molar-refractivity contribution in [2.45, 2.75) is 24.9 Å². The fourth-order valence-electron chi connectivity index (χ4n) is 3.21. The number of nitrogens with zero attached hydrogens (tertiary/aromatic N) is 2. The van der Waals surface area contributed by atoms with E-state index in [1.165, 1.54) is 29.5 Å². The molecule has 0 bridgehead atoms. The van der Waals surface area contributed by atoms with Gasteiger partial charge in [-0.05, 0) is 43.3 Å². The first-order valence-corrected chi connectivity index (χ1v) is 12.0. The summed E-state index contributed by atoms with van der Waals surface area (Å²) in [6, 6.07) is 12.6. The van der Waals surface area contributed by atoms with Gasteiger partial charge < -0.3 is 10.1 Å². The Bertz CT molecular complexity index is 1320. The van der Waals surface area contributed by atoms with Gasteiger partial charge in [-0.3, -0.25) is 14.5 Å².